The number of phosphoric ester groups is 1. The number of hydrogen-bond donors (Lipinski definition) is 2. The van der Waals surface area contributed by atoms with Crippen molar-refractivity contribution in [1.29, 1.82) is 0 Å². The second-order valence-electron chi connectivity index (χ2n) is 20.6. The molecular weight excluding hydrogens is 852 g/mol. The normalized spacial score (nSPS) is 14.3. The molecule has 394 valence electrons. The van der Waals surface area contributed by atoms with Crippen LogP contribution in [-0.2, 0) is 18.4 Å². The predicted octanol–water partition coefficient (Wildman–Crippen LogP) is 16.5. The Hall–Kier alpha value is -1.54. The Labute approximate surface area is 416 Å². The van der Waals surface area contributed by atoms with Gasteiger partial charge in [0.25, 0.3) is 7.82 Å². The highest BCUT2D eigenvalue weighted by Crippen LogP contribution is 2.38. The van der Waals surface area contributed by atoms with E-state index in [0.29, 0.717) is 17.4 Å². The molecule has 0 aromatic carbocycles. The third-order valence-corrected chi connectivity index (χ3v) is 13.7. The van der Waals surface area contributed by atoms with Gasteiger partial charge in [-0.2, -0.15) is 0 Å². The van der Waals surface area contributed by atoms with E-state index < -0.39 is 26.6 Å². The molecule has 0 aliphatic rings. The quantitative estimate of drug-likeness (QED) is 0.0272. The van der Waals surface area contributed by atoms with Crippen LogP contribution in [0, 0.1) is 0 Å². The zero-order chi connectivity index (χ0) is 49.2. The molecule has 0 saturated heterocycles. The van der Waals surface area contributed by atoms with E-state index in [2.05, 4.69) is 55.6 Å². The lowest BCUT2D eigenvalue weighted by molar-refractivity contribution is -0.870. The fourth-order valence-corrected chi connectivity index (χ4v) is 8.96. The number of amides is 1. The number of phosphoric acid groups is 1. The summed E-state index contributed by atoms with van der Waals surface area (Å²) in [5.41, 5.74) is 0. The lowest BCUT2D eigenvalue weighted by Gasteiger charge is -2.29. The maximum atomic E-state index is 12.9. The zero-order valence-electron chi connectivity index (χ0n) is 44.9. The number of aliphatic hydroxyl groups excluding tert-OH is 1. The minimum absolute atomic E-state index is 0.0103. The van der Waals surface area contributed by atoms with Gasteiger partial charge >= 0.3 is 0 Å². The lowest BCUT2D eigenvalue weighted by atomic mass is 10.0. The van der Waals surface area contributed by atoms with Crippen molar-refractivity contribution >= 4 is 13.7 Å². The number of nitrogens with one attached hydrogen (secondary N) is 1. The number of aliphatic hydroxyl groups is 1. The number of quaternary nitrogens is 1. The maximum Gasteiger partial charge on any atom is 0.268 e. The molecule has 3 atom stereocenters. The van der Waals surface area contributed by atoms with Gasteiger partial charge in [-0.05, 0) is 70.6 Å². The van der Waals surface area contributed by atoms with Gasteiger partial charge in [0.1, 0.15) is 13.2 Å². The van der Waals surface area contributed by atoms with Crippen LogP contribution in [0.4, 0.5) is 0 Å². The summed E-state index contributed by atoms with van der Waals surface area (Å²) < 4.78 is 23.3. The summed E-state index contributed by atoms with van der Waals surface area (Å²) in [6, 6.07) is -0.913. The van der Waals surface area contributed by atoms with Gasteiger partial charge in [-0.25, -0.2) is 0 Å². The SMILES string of the molecule is CCCCCCCCCCCCC/C=C\CCCCCCCCCC(=O)NC(COP(=O)([O-])OCC[N+](C)(C)C)C(O)/C=C/CC/C=C/CC/C=C/CCCCCCCCCCCCCCC. The number of hydrogen-bond acceptors (Lipinski definition) is 6. The molecule has 67 heavy (non-hydrogen) atoms. The fourth-order valence-electron chi connectivity index (χ4n) is 8.24. The average Bonchev–Trinajstić information content (AvgIpc) is 3.29. The summed E-state index contributed by atoms with van der Waals surface area (Å²) in [7, 11) is 1.24. The molecular formula is C58H111N2O6P. The first-order chi connectivity index (χ1) is 32.5. The minimum Gasteiger partial charge on any atom is -0.756 e. The zero-order valence-corrected chi connectivity index (χ0v) is 45.7. The summed E-state index contributed by atoms with van der Waals surface area (Å²) in [4.78, 5) is 25.5. The van der Waals surface area contributed by atoms with Crippen molar-refractivity contribution in [1.82, 2.24) is 5.32 Å². The molecule has 0 spiro atoms. The molecule has 1 amide bonds. The Bertz CT molecular complexity index is 1230. The summed E-state index contributed by atoms with van der Waals surface area (Å²) in [6.45, 7) is 4.64. The molecule has 0 aromatic rings. The monoisotopic (exact) mass is 963 g/mol. The Morgan fingerprint density at radius 3 is 1.21 bits per heavy atom. The smallest absolute Gasteiger partial charge is 0.268 e. The van der Waals surface area contributed by atoms with Crippen LogP contribution in [0.25, 0.3) is 0 Å². The third-order valence-electron chi connectivity index (χ3n) is 12.7. The van der Waals surface area contributed by atoms with Crippen molar-refractivity contribution in [2.45, 2.75) is 276 Å². The summed E-state index contributed by atoms with van der Waals surface area (Å²) in [5.74, 6) is -0.214. The second kappa shape index (κ2) is 49.4. The van der Waals surface area contributed by atoms with Crippen molar-refractivity contribution in [3.8, 4) is 0 Å². The summed E-state index contributed by atoms with van der Waals surface area (Å²) in [5, 5.41) is 13.9. The molecule has 0 aliphatic heterocycles. The van der Waals surface area contributed by atoms with Crippen LogP contribution in [0.1, 0.15) is 264 Å². The molecule has 0 fully saturated rings. The van der Waals surface area contributed by atoms with Gasteiger partial charge in [0, 0.05) is 6.42 Å². The fraction of sp³-hybridized carbons (Fsp3) is 0.845. The first-order valence-corrected chi connectivity index (χ1v) is 30.0. The molecule has 0 radical (unpaired) electrons. The van der Waals surface area contributed by atoms with E-state index in [1.165, 1.54) is 199 Å². The van der Waals surface area contributed by atoms with E-state index in [9.17, 15) is 19.4 Å². The van der Waals surface area contributed by atoms with Crippen LogP contribution in [0.2, 0.25) is 0 Å². The minimum atomic E-state index is -4.61. The van der Waals surface area contributed by atoms with Gasteiger partial charge in [0.2, 0.25) is 5.91 Å². The van der Waals surface area contributed by atoms with Crippen LogP contribution in [-0.4, -0.2) is 68.5 Å². The molecule has 0 aliphatic carbocycles. The van der Waals surface area contributed by atoms with Crippen molar-refractivity contribution in [2.24, 2.45) is 0 Å². The number of likely N-dealkylation sites (N-methyl/N-ethyl adjacent to an activating group) is 1. The second-order valence-corrected chi connectivity index (χ2v) is 22.0. The van der Waals surface area contributed by atoms with Crippen molar-refractivity contribution in [3.05, 3.63) is 48.6 Å². The van der Waals surface area contributed by atoms with E-state index in [4.69, 9.17) is 9.05 Å². The van der Waals surface area contributed by atoms with E-state index in [1.807, 2.05) is 27.2 Å². The van der Waals surface area contributed by atoms with Gasteiger partial charge < -0.3 is 28.8 Å². The molecule has 0 aromatic heterocycles. The van der Waals surface area contributed by atoms with Gasteiger partial charge in [0.05, 0.1) is 39.9 Å². The van der Waals surface area contributed by atoms with E-state index in [1.54, 1.807) is 6.08 Å². The van der Waals surface area contributed by atoms with Gasteiger partial charge in [-0.15, -0.1) is 0 Å². The van der Waals surface area contributed by atoms with Crippen molar-refractivity contribution < 1.29 is 32.9 Å². The highest BCUT2D eigenvalue weighted by molar-refractivity contribution is 7.45. The van der Waals surface area contributed by atoms with Crippen molar-refractivity contribution in [3.63, 3.8) is 0 Å². The summed E-state index contributed by atoms with van der Waals surface area (Å²) >= 11 is 0. The van der Waals surface area contributed by atoms with Crippen LogP contribution < -0.4 is 10.2 Å². The van der Waals surface area contributed by atoms with Crippen LogP contribution in [0.5, 0.6) is 0 Å². The molecule has 3 unspecified atom stereocenters. The van der Waals surface area contributed by atoms with Crippen LogP contribution in [0.15, 0.2) is 48.6 Å². The molecule has 0 saturated carbocycles. The highest BCUT2D eigenvalue weighted by Gasteiger charge is 2.23. The molecule has 0 heterocycles. The van der Waals surface area contributed by atoms with Gasteiger partial charge in [0.15, 0.2) is 0 Å². The number of carbonyl (C=O) groups excluding carboxylic acids is 1. The average molecular weight is 964 g/mol. The number of carbonyl (C=O) groups is 1. The number of rotatable bonds is 52. The van der Waals surface area contributed by atoms with Gasteiger partial charge in [-0.1, -0.05) is 236 Å². The largest absolute Gasteiger partial charge is 0.756 e. The Kier molecular flexibility index (Phi) is 48.3. The highest BCUT2D eigenvalue weighted by atomic mass is 31.2. The Balaban J connectivity index is 4.31. The molecule has 8 nitrogen and oxygen atoms in total. The maximum absolute atomic E-state index is 12.9. The number of allylic oxidation sites excluding steroid dienone is 7. The molecule has 0 bridgehead atoms. The standard InChI is InChI=1S/C58H111N2O6P/c1-6-8-10-12-14-16-18-20-22-24-26-28-30-31-33-35-37-39-41-43-45-47-49-51-57(61)56(55-66-67(63,64)65-54-53-60(3,4)5)59-58(62)52-50-48-46-44-42-40-38-36-34-32-29-27-25-23-21-19-17-15-13-11-9-7-2/h32-35,41,43,49,51,56-57,61H,6-31,36-40,42,44-48,50,52-55H2,1-5H3,(H-,59,62,63,64)/b34-32-,35-33+,43-41+,51-49+. The number of nitrogens with zero attached hydrogens (tertiary/aromatic N) is 1. The number of unbranched alkanes of at least 4 members (excludes halogenated alkanes) is 33. The lowest BCUT2D eigenvalue weighted by Crippen LogP contribution is -2.45. The Morgan fingerprint density at radius 2 is 0.836 bits per heavy atom. The van der Waals surface area contributed by atoms with Crippen LogP contribution >= 0.6 is 7.82 Å². The van der Waals surface area contributed by atoms with Crippen LogP contribution in [0.3, 0.4) is 0 Å². The summed E-state index contributed by atoms with van der Waals surface area (Å²) in [6.07, 6.45) is 64.7. The van der Waals surface area contributed by atoms with E-state index in [0.717, 1.165) is 44.9 Å². The topological polar surface area (TPSA) is 108 Å². The van der Waals surface area contributed by atoms with Gasteiger partial charge in [-0.3, -0.25) is 9.36 Å². The molecule has 2 N–H and O–H groups in total. The molecule has 0 rings (SSSR count). The van der Waals surface area contributed by atoms with E-state index in [-0.39, 0.29) is 12.5 Å². The molecule has 9 heteroatoms. The Morgan fingerprint density at radius 1 is 0.507 bits per heavy atom. The third kappa shape index (κ3) is 52.1. The van der Waals surface area contributed by atoms with Crippen molar-refractivity contribution in [2.75, 3.05) is 40.9 Å². The van der Waals surface area contributed by atoms with E-state index >= 15 is 0 Å². The predicted molar refractivity (Wildman–Crippen MR) is 288 cm³/mol. The first kappa shape index (κ1) is 65.5. The first-order valence-electron chi connectivity index (χ1n) is 28.5.